The molecular weight excluding hydrogens is 228 g/mol. The summed E-state index contributed by atoms with van der Waals surface area (Å²) in [6.45, 7) is 6.40. The van der Waals surface area contributed by atoms with E-state index in [1.807, 2.05) is 24.3 Å². The zero-order valence-corrected chi connectivity index (χ0v) is 9.84. The van der Waals surface area contributed by atoms with Crippen LogP contribution in [0.4, 0.5) is 0 Å². The van der Waals surface area contributed by atoms with E-state index in [9.17, 15) is 0 Å². The zero-order chi connectivity index (χ0) is 9.84. The van der Waals surface area contributed by atoms with E-state index in [4.69, 9.17) is 4.74 Å². The van der Waals surface area contributed by atoms with Crippen molar-refractivity contribution >= 4 is 15.9 Å². The van der Waals surface area contributed by atoms with Gasteiger partial charge in [0.1, 0.15) is 5.75 Å². The second-order valence-electron chi connectivity index (χ2n) is 3.50. The first-order chi connectivity index (χ1) is 6.11. The average Bonchev–Trinajstić information content (AvgIpc) is 2.08. The highest BCUT2D eigenvalue weighted by Crippen LogP contribution is 2.25. The largest absolute Gasteiger partial charge is 0.489 e. The number of benzene rings is 1. The van der Waals surface area contributed by atoms with Crippen molar-refractivity contribution in [2.45, 2.75) is 26.9 Å². The molecule has 0 N–H and O–H groups in total. The number of hydrogen-bond acceptors (Lipinski definition) is 1. The summed E-state index contributed by atoms with van der Waals surface area (Å²) in [5.41, 5.74) is 0. The van der Waals surface area contributed by atoms with Crippen LogP contribution in [0.2, 0.25) is 0 Å². The van der Waals surface area contributed by atoms with Gasteiger partial charge in [-0.3, -0.25) is 0 Å². The molecule has 0 fully saturated rings. The maximum atomic E-state index is 5.76. The first-order valence-electron chi connectivity index (χ1n) is 4.52. The lowest BCUT2D eigenvalue weighted by molar-refractivity contribution is 0.169. The second-order valence-corrected chi connectivity index (χ2v) is 4.35. The van der Waals surface area contributed by atoms with Gasteiger partial charge >= 0.3 is 0 Å². The summed E-state index contributed by atoms with van der Waals surface area (Å²) in [5.74, 6) is 1.45. The molecule has 1 nitrogen and oxygen atoms in total. The standard InChI is InChI=1S/C11H15BrO/c1-8(2)9(3)13-11-7-5-4-6-10(11)12/h4-9H,1-3H3. The molecule has 2 heteroatoms. The summed E-state index contributed by atoms with van der Waals surface area (Å²) in [6, 6.07) is 7.93. The Labute approximate surface area is 88.2 Å². The molecule has 1 rings (SSSR count). The molecule has 1 aromatic rings. The van der Waals surface area contributed by atoms with Crippen LogP contribution in [0.3, 0.4) is 0 Å². The molecule has 0 aliphatic heterocycles. The molecule has 0 heterocycles. The number of para-hydroxylation sites is 1. The Hall–Kier alpha value is -0.500. The van der Waals surface area contributed by atoms with Crippen molar-refractivity contribution in [3.63, 3.8) is 0 Å². The molecule has 1 aromatic carbocycles. The zero-order valence-electron chi connectivity index (χ0n) is 8.25. The summed E-state index contributed by atoms with van der Waals surface area (Å²) in [7, 11) is 0. The van der Waals surface area contributed by atoms with E-state index >= 15 is 0 Å². The Morgan fingerprint density at radius 1 is 1.15 bits per heavy atom. The first kappa shape index (κ1) is 10.6. The molecule has 1 atom stereocenters. The van der Waals surface area contributed by atoms with Gasteiger partial charge in [-0.2, -0.15) is 0 Å². The fraction of sp³-hybridized carbons (Fsp3) is 0.455. The van der Waals surface area contributed by atoms with Crippen molar-refractivity contribution in [2.24, 2.45) is 5.92 Å². The van der Waals surface area contributed by atoms with Crippen LogP contribution in [-0.2, 0) is 0 Å². The van der Waals surface area contributed by atoms with Crippen LogP contribution in [-0.4, -0.2) is 6.10 Å². The Balaban J connectivity index is 2.69. The van der Waals surface area contributed by atoms with Crippen molar-refractivity contribution in [1.29, 1.82) is 0 Å². The van der Waals surface area contributed by atoms with Crippen molar-refractivity contribution in [3.05, 3.63) is 28.7 Å². The molecule has 72 valence electrons. The third-order valence-corrected chi connectivity index (χ3v) is 2.74. The van der Waals surface area contributed by atoms with Gasteiger partial charge in [0.25, 0.3) is 0 Å². The van der Waals surface area contributed by atoms with Crippen molar-refractivity contribution < 1.29 is 4.74 Å². The minimum Gasteiger partial charge on any atom is -0.489 e. The van der Waals surface area contributed by atoms with E-state index in [1.165, 1.54) is 0 Å². The normalized spacial score (nSPS) is 13.0. The summed E-state index contributed by atoms with van der Waals surface area (Å²) in [4.78, 5) is 0. The SMILES string of the molecule is CC(C)C(C)Oc1ccccc1Br. The maximum Gasteiger partial charge on any atom is 0.133 e. The van der Waals surface area contributed by atoms with Crippen LogP contribution in [0.5, 0.6) is 5.75 Å². The van der Waals surface area contributed by atoms with Crippen LogP contribution in [0.25, 0.3) is 0 Å². The van der Waals surface area contributed by atoms with Crippen LogP contribution < -0.4 is 4.74 Å². The molecular formula is C11H15BrO. The Morgan fingerprint density at radius 3 is 2.31 bits per heavy atom. The maximum absolute atomic E-state index is 5.76. The fourth-order valence-electron chi connectivity index (χ4n) is 0.877. The molecule has 0 aliphatic carbocycles. The van der Waals surface area contributed by atoms with Gasteiger partial charge in [0.2, 0.25) is 0 Å². The lowest BCUT2D eigenvalue weighted by atomic mass is 10.1. The number of hydrogen-bond donors (Lipinski definition) is 0. The van der Waals surface area contributed by atoms with Crippen molar-refractivity contribution in [1.82, 2.24) is 0 Å². The number of ether oxygens (including phenoxy) is 1. The molecule has 0 saturated carbocycles. The minimum atomic E-state index is 0.249. The molecule has 0 spiro atoms. The van der Waals surface area contributed by atoms with E-state index in [1.54, 1.807) is 0 Å². The van der Waals surface area contributed by atoms with Crippen LogP contribution >= 0.6 is 15.9 Å². The smallest absolute Gasteiger partial charge is 0.133 e. The minimum absolute atomic E-state index is 0.249. The predicted molar refractivity (Wildman–Crippen MR) is 59.1 cm³/mol. The van der Waals surface area contributed by atoms with Gasteiger partial charge in [0.15, 0.2) is 0 Å². The molecule has 1 unspecified atom stereocenters. The van der Waals surface area contributed by atoms with Gasteiger partial charge in [0, 0.05) is 0 Å². The van der Waals surface area contributed by atoms with Crippen LogP contribution in [0.1, 0.15) is 20.8 Å². The molecule has 0 amide bonds. The van der Waals surface area contributed by atoms with Gasteiger partial charge in [-0.05, 0) is 40.9 Å². The van der Waals surface area contributed by atoms with Gasteiger partial charge in [-0.25, -0.2) is 0 Å². The Kier molecular flexibility index (Phi) is 3.79. The molecule has 0 radical (unpaired) electrons. The summed E-state index contributed by atoms with van der Waals surface area (Å²) >= 11 is 3.45. The lowest BCUT2D eigenvalue weighted by Gasteiger charge is -2.18. The van der Waals surface area contributed by atoms with E-state index in [0.717, 1.165) is 10.2 Å². The topological polar surface area (TPSA) is 9.23 Å². The fourth-order valence-corrected chi connectivity index (χ4v) is 1.25. The molecule has 13 heavy (non-hydrogen) atoms. The van der Waals surface area contributed by atoms with Crippen LogP contribution in [0.15, 0.2) is 28.7 Å². The van der Waals surface area contributed by atoms with Crippen LogP contribution in [0, 0.1) is 5.92 Å². The van der Waals surface area contributed by atoms with Gasteiger partial charge < -0.3 is 4.74 Å². The highest BCUT2D eigenvalue weighted by atomic mass is 79.9. The van der Waals surface area contributed by atoms with Gasteiger partial charge in [-0.1, -0.05) is 26.0 Å². The second kappa shape index (κ2) is 4.66. The van der Waals surface area contributed by atoms with E-state index < -0.39 is 0 Å². The summed E-state index contributed by atoms with van der Waals surface area (Å²) in [5, 5.41) is 0. The van der Waals surface area contributed by atoms with E-state index in [-0.39, 0.29) is 6.10 Å². The highest BCUT2D eigenvalue weighted by Gasteiger charge is 2.09. The summed E-state index contributed by atoms with van der Waals surface area (Å²) in [6.07, 6.45) is 0.249. The molecule has 0 bridgehead atoms. The monoisotopic (exact) mass is 242 g/mol. The number of halogens is 1. The van der Waals surface area contributed by atoms with E-state index in [0.29, 0.717) is 5.92 Å². The Morgan fingerprint density at radius 2 is 1.77 bits per heavy atom. The predicted octanol–water partition coefficient (Wildman–Crippen LogP) is 3.87. The third-order valence-electron chi connectivity index (χ3n) is 2.09. The number of rotatable bonds is 3. The highest BCUT2D eigenvalue weighted by molar-refractivity contribution is 9.10. The molecule has 0 aliphatic rings. The summed E-state index contributed by atoms with van der Waals surface area (Å²) < 4.78 is 6.78. The van der Waals surface area contributed by atoms with Gasteiger partial charge in [0.05, 0.1) is 10.6 Å². The third kappa shape index (κ3) is 3.03. The lowest BCUT2D eigenvalue weighted by Crippen LogP contribution is -2.18. The molecule has 0 saturated heterocycles. The Bertz CT molecular complexity index is 271. The van der Waals surface area contributed by atoms with Gasteiger partial charge in [-0.15, -0.1) is 0 Å². The average molecular weight is 243 g/mol. The van der Waals surface area contributed by atoms with E-state index in [2.05, 4.69) is 36.7 Å². The van der Waals surface area contributed by atoms with Crippen molar-refractivity contribution in [2.75, 3.05) is 0 Å². The quantitative estimate of drug-likeness (QED) is 0.782. The van der Waals surface area contributed by atoms with Crippen molar-refractivity contribution in [3.8, 4) is 5.75 Å². The molecule has 0 aromatic heterocycles. The first-order valence-corrected chi connectivity index (χ1v) is 5.31.